The Morgan fingerprint density at radius 1 is 1.25 bits per heavy atom. The summed E-state index contributed by atoms with van der Waals surface area (Å²) in [7, 11) is 1.34. The molecular weight excluding hydrogens is 356 g/mol. The van der Waals surface area contributed by atoms with Gasteiger partial charge in [-0.1, -0.05) is 12.1 Å². The monoisotopic (exact) mass is 376 g/mol. The van der Waals surface area contributed by atoms with Crippen molar-refractivity contribution in [1.29, 1.82) is 0 Å². The first-order valence-corrected chi connectivity index (χ1v) is 9.03. The van der Waals surface area contributed by atoms with Crippen LogP contribution in [0.2, 0.25) is 0 Å². The number of hydrogen-bond donors (Lipinski definition) is 2. The van der Waals surface area contributed by atoms with E-state index >= 15 is 0 Å². The Hall–Kier alpha value is -3.45. The highest BCUT2D eigenvalue weighted by Crippen LogP contribution is 2.30. The largest absolute Gasteiger partial charge is 0.465 e. The van der Waals surface area contributed by atoms with Crippen LogP contribution in [-0.4, -0.2) is 34.2 Å². The van der Waals surface area contributed by atoms with Gasteiger partial charge in [0, 0.05) is 29.2 Å². The van der Waals surface area contributed by atoms with Crippen LogP contribution in [-0.2, 0) is 11.3 Å². The lowest BCUT2D eigenvalue weighted by molar-refractivity contribution is 0.0601. The van der Waals surface area contributed by atoms with Crippen molar-refractivity contribution in [3.8, 4) is 11.3 Å². The molecule has 0 saturated heterocycles. The predicted octanol–water partition coefficient (Wildman–Crippen LogP) is 2.68. The van der Waals surface area contributed by atoms with Gasteiger partial charge >= 0.3 is 5.97 Å². The molecule has 0 atom stereocenters. The number of H-pyrrole nitrogens is 1. The number of benzene rings is 2. The van der Waals surface area contributed by atoms with Crippen LogP contribution in [0.25, 0.3) is 33.2 Å². The van der Waals surface area contributed by atoms with Crippen molar-refractivity contribution in [3.63, 3.8) is 0 Å². The van der Waals surface area contributed by atoms with Gasteiger partial charge in [0.05, 0.1) is 23.7 Å². The van der Waals surface area contributed by atoms with Crippen LogP contribution in [0.15, 0.2) is 53.5 Å². The molecule has 0 unspecified atom stereocenters. The zero-order valence-corrected chi connectivity index (χ0v) is 15.4. The molecule has 0 saturated carbocycles. The number of esters is 1. The highest BCUT2D eigenvalue weighted by molar-refractivity contribution is 6.01. The van der Waals surface area contributed by atoms with E-state index in [4.69, 9.17) is 10.5 Å². The van der Waals surface area contributed by atoms with Crippen LogP contribution in [0.3, 0.4) is 0 Å². The van der Waals surface area contributed by atoms with Gasteiger partial charge in [0.2, 0.25) is 0 Å². The molecule has 0 bridgehead atoms. The van der Waals surface area contributed by atoms with E-state index in [9.17, 15) is 9.59 Å². The lowest BCUT2D eigenvalue weighted by Gasteiger charge is -2.04. The molecule has 7 heteroatoms. The molecule has 28 heavy (non-hydrogen) atoms. The van der Waals surface area contributed by atoms with Gasteiger partial charge in [0.1, 0.15) is 5.69 Å². The zero-order valence-electron chi connectivity index (χ0n) is 15.4. The minimum Gasteiger partial charge on any atom is -0.465 e. The van der Waals surface area contributed by atoms with Crippen LogP contribution < -0.4 is 11.3 Å². The van der Waals surface area contributed by atoms with E-state index in [-0.39, 0.29) is 5.56 Å². The van der Waals surface area contributed by atoms with Gasteiger partial charge in [0.25, 0.3) is 5.56 Å². The summed E-state index contributed by atoms with van der Waals surface area (Å²) in [4.78, 5) is 32.2. The minimum absolute atomic E-state index is 0.278. The molecule has 2 aromatic carbocycles. The number of aryl methyl sites for hydroxylation is 1. The van der Waals surface area contributed by atoms with E-state index in [1.807, 2.05) is 41.1 Å². The van der Waals surface area contributed by atoms with E-state index in [1.54, 1.807) is 12.1 Å². The number of hydrogen-bond acceptors (Lipinski definition) is 5. The minimum atomic E-state index is -0.428. The predicted molar refractivity (Wildman–Crippen MR) is 108 cm³/mol. The van der Waals surface area contributed by atoms with Crippen molar-refractivity contribution >= 4 is 27.9 Å². The number of aromatic amines is 1. The SMILES string of the molecule is COC(=O)c1ccc2c(c1)c(-c1nc3ccccc3[nH]c1=O)cn2CCCN. The van der Waals surface area contributed by atoms with Crippen LogP contribution >= 0.6 is 0 Å². The van der Waals surface area contributed by atoms with Gasteiger partial charge in [0.15, 0.2) is 0 Å². The standard InChI is InChI=1S/C21H20N4O3/c1-28-21(27)13-7-8-18-14(11-13)15(12-25(18)10-4-9-22)19-20(26)24-17-6-3-2-5-16(17)23-19/h2-3,5-8,11-12H,4,9-10,22H2,1H3,(H,24,26). The third kappa shape index (κ3) is 3.05. The maximum atomic E-state index is 12.7. The molecule has 3 N–H and O–H groups in total. The van der Waals surface area contributed by atoms with Gasteiger partial charge in [-0.25, -0.2) is 9.78 Å². The number of nitrogens with two attached hydrogens (primary N) is 1. The molecule has 0 fully saturated rings. The van der Waals surface area contributed by atoms with E-state index in [1.165, 1.54) is 7.11 Å². The number of carbonyl (C=O) groups is 1. The molecular formula is C21H20N4O3. The lowest BCUT2D eigenvalue weighted by Crippen LogP contribution is -2.11. The molecule has 0 amide bonds. The first kappa shape index (κ1) is 17.9. The van der Waals surface area contributed by atoms with Gasteiger partial charge in [-0.2, -0.15) is 0 Å². The Bertz CT molecular complexity index is 1240. The number of fused-ring (bicyclic) bond motifs is 2. The molecule has 0 aliphatic carbocycles. The molecule has 2 heterocycles. The summed E-state index contributed by atoms with van der Waals surface area (Å²) >= 11 is 0. The van der Waals surface area contributed by atoms with Gasteiger partial charge in [-0.05, 0) is 43.3 Å². The lowest BCUT2D eigenvalue weighted by atomic mass is 10.1. The van der Waals surface area contributed by atoms with E-state index in [0.717, 1.165) is 17.3 Å². The van der Waals surface area contributed by atoms with Crippen molar-refractivity contribution in [2.45, 2.75) is 13.0 Å². The molecule has 2 aromatic heterocycles. The number of ether oxygens (including phenoxy) is 1. The summed E-state index contributed by atoms with van der Waals surface area (Å²) < 4.78 is 6.87. The third-order valence-electron chi connectivity index (χ3n) is 4.76. The second kappa shape index (κ2) is 7.28. The second-order valence-electron chi connectivity index (χ2n) is 6.53. The fraction of sp³-hybridized carbons (Fsp3) is 0.190. The number of nitrogens with zero attached hydrogens (tertiary/aromatic N) is 2. The summed E-state index contributed by atoms with van der Waals surface area (Å²) in [5.41, 5.74) is 9.08. The third-order valence-corrected chi connectivity index (χ3v) is 4.76. The van der Waals surface area contributed by atoms with Crippen molar-refractivity contribution in [1.82, 2.24) is 14.5 Å². The van der Waals surface area contributed by atoms with E-state index in [2.05, 4.69) is 9.97 Å². The maximum Gasteiger partial charge on any atom is 0.337 e. The Kier molecular flexibility index (Phi) is 4.67. The van der Waals surface area contributed by atoms with Crippen molar-refractivity contribution < 1.29 is 9.53 Å². The average Bonchev–Trinajstić information content (AvgIpc) is 3.08. The number of para-hydroxylation sites is 2. The fourth-order valence-electron chi connectivity index (χ4n) is 3.39. The Labute approximate surface area is 160 Å². The summed E-state index contributed by atoms with van der Waals surface area (Å²) in [6.07, 6.45) is 2.69. The summed E-state index contributed by atoms with van der Waals surface area (Å²) in [6, 6.07) is 12.7. The quantitative estimate of drug-likeness (QED) is 0.521. The van der Waals surface area contributed by atoms with Crippen LogP contribution in [0, 0.1) is 0 Å². The van der Waals surface area contributed by atoms with E-state index in [0.29, 0.717) is 40.9 Å². The molecule has 4 rings (SSSR count). The van der Waals surface area contributed by atoms with Crippen molar-refractivity contribution in [2.24, 2.45) is 5.73 Å². The summed E-state index contributed by atoms with van der Waals surface area (Å²) in [5, 5.41) is 0.771. The number of rotatable bonds is 5. The zero-order chi connectivity index (χ0) is 19.7. The number of nitrogens with one attached hydrogen (secondary N) is 1. The summed E-state index contributed by atoms with van der Waals surface area (Å²) in [6.45, 7) is 1.26. The van der Waals surface area contributed by atoms with Crippen molar-refractivity contribution in [3.05, 3.63) is 64.6 Å². The number of carbonyl (C=O) groups excluding carboxylic acids is 1. The first-order valence-electron chi connectivity index (χ1n) is 9.03. The normalized spacial score (nSPS) is 11.2. The van der Waals surface area contributed by atoms with Crippen LogP contribution in [0.1, 0.15) is 16.8 Å². The average molecular weight is 376 g/mol. The maximum absolute atomic E-state index is 12.7. The molecule has 142 valence electrons. The Balaban J connectivity index is 1.98. The second-order valence-corrected chi connectivity index (χ2v) is 6.53. The highest BCUT2D eigenvalue weighted by atomic mass is 16.5. The summed E-state index contributed by atoms with van der Waals surface area (Å²) in [5.74, 6) is -0.428. The number of methoxy groups -OCH3 is 1. The molecule has 7 nitrogen and oxygen atoms in total. The first-order chi connectivity index (χ1) is 13.6. The number of aromatic nitrogens is 3. The van der Waals surface area contributed by atoms with Gasteiger partial charge in [-0.15, -0.1) is 0 Å². The van der Waals surface area contributed by atoms with Crippen LogP contribution in [0.5, 0.6) is 0 Å². The smallest absolute Gasteiger partial charge is 0.337 e. The Morgan fingerprint density at radius 3 is 2.86 bits per heavy atom. The van der Waals surface area contributed by atoms with Crippen LogP contribution in [0.4, 0.5) is 0 Å². The molecule has 0 spiro atoms. The van der Waals surface area contributed by atoms with E-state index < -0.39 is 5.97 Å². The molecule has 0 aliphatic heterocycles. The molecule has 4 aromatic rings. The molecule has 0 aliphatic rings. The van der Waals surface area contributed by atoms with Gasteiger partial charge in [-0.3, -0.25) is 4.79 Å². The van der Waals surface area contributed by atoms with Gasteiger partial charge < -0.3 is 20.0 Å². The Morgan fingerprint density at radius 2 is 2.07 bits per heavy atom. The fourth-order valence-corrected chi connectivity index (χ4v) is 3.39. The molecule has 0 radical (unpaired) electrons. The topological polar surface area (TPSA) is 103 Å². The highest BCUT2D eigenvalue weighted by Gasteiger charge is 2.17. The van der Waals surface area contributed by atoms with Crippen molar-refractivity contribution in [2.75, 3.05) is 13.7 Å².